The topological polar surface area (TPSA) is 110 Å². The molecule has 0 aromatic heterocycles. The van der Waals surface area contributed by atoms with Crippen LogP contribution in [0.15, 0.2) is 91.0 Å². The molecule has 0 spiro atoms. The molecule has 0 aliphatic carbocycles. The second-order valence-electron chi connectivity index (χ2n) is 7.59. The first kappa shape index (κ1) is 21.9. The van der Waals surface area contributed by atoms with Crippen LogP contribution in [0.25, 0.3) is 0 Å². The lowest BCUT2D eigenvalue weighted by atomic mass is 9.87. The Morgan fingerprint density at radius 2 is 1.64 bits per heavy atom. The molecule has 0 saturated carbocycles. The summed E-state index contributed by atoms with van der Waals surface area (Å²) in [5.41, 5.74) is -1.67. The standard InChI is InChI=1S/C25H20N2O6/c1-17(23(28)33-16-19-10-6-3-7-11-19)25(30)21-14-20(27(31)32)12-13-22(21)26(24(25)29)15-18-8-4-2-5-9-18/h2-14,30H,1,15-16H2/t25-/m0/s1. The van der Waals surface area contributed by atoms with Gasteiger partial charge in [-0.3, -0.25) is 14.9 Å². The minimum Gasteiger partial charge on any atom is -0.457 e. The Hall–Kier alpha value is -4.30. The van der Waals surface area contributed by atoms with Crippen molar-refractivity contribution in [3.05, 3.63) is 118 Å². The van der Waals surface area contributed by atoms with Gasteiger partial charge >= 0.3 is 5.97 Å². The predicted octanol–water partition coefficient (Wildman–Crippen LogP) is 3.63. The summed E-state index contributed by atoms with van der Waals surface area (Å²) in [5, 5.41) is 22.8. The summed E-state index contributed by atoms with van der Waals surface area (Å²) < 4.78 is 5.26. The Morgan fingerprint density at radius 3 is 2.24 bits per heavy atom. The molecule has 3 aromatic rings. The van der Waals surface area contributed by atoms with Crippen molar-refractivity contribution in [1.82, 2.24) is 0 Å². The summed E-state index contributed by atoms with van der Waals surface area (Å²) in [7, 11) is 0. The molecular formula is C25H20N2O6. The first-order valence-corrected chi connectivity index (χ1v) is 10.1. The Bertz CT molecular complexity index is 1240. The number of esters is 1. The van der Waals surface area contributed by atoms with Gasteiger partial charge < -0.3 is 14.7 Å². The number of carbonyl (C=O) groups is 2. The molecule has 8 heteroatoms. The van der Waals surface area contributed by atoms with Crippen LogP contribution in [0.1, 0.15) is 16.7 Å². The van der Waals surface area contributed by atoms with Crippen molar-refractivity contribution in [2.24, 2.45) is 0 Å². The summed E-state index contributed by atoms with van der Waals surface area (Å²) in [6.45, 7) is 3.66. The third-order valence-corrected chi connectivity index (χ3v) is 5.51. The van der Waals surface area contributed by atoms with Crippen LogP contribution in [-0.2, 0) is 33.1 Å². The largest absolute Gasteiger partial charge is 0.457 e. The number of nitrogens with zero attached hydrogens (tertiary/aromatic N) is 2. The highest BCUT2D eigenvalue weighted by Crippen LogP contribution is 2.46. The lowest BCUT2D eigenvalue weighted by Crippen LogP contribution is -2.43. The van der Waals surface area contributed by atoms with Gasteiger partial charge in [0.05, 0.1) is 22.7 Å². The summed E-state index contributed by atoms with van der Waals surface area (Å²) in [6, 6.07) is 21.6. The summed E-state index contributed by atoms with van der Waals surface area (Å²) in [6.07, 6.45) is 0. The predicted molar refractivity (Wildman–Crippen MR) is 120 cm³/mol. The van der Waals surface area contributed by atoms with Gasteiger partial charge in [-0.15, -0.1) is 0 Å². The van der Waals surface area contributed by atoms with E-state index >= 15 is 0 Å². The van der Waals surface area contributed by atoms with Gasteiger partial charge in [-0.25, -0.2) is 4.79 Å². The highest BCUT2D eigenvalue weighted by atomic mass is 16.6. The third-order valence-electron chi connectivity index (χ3n) is 5.51. The quantitative estimate of drug-likeness (QED) is 0.258. The van der Waals surface area contributed by atoms with Crippen molar-refractivity contribution in [1.29, 1.82) is 0 Å². The molecule has 1 amide bonds. The van der Waals surface area contributed by atoms with Crippen molar-refractivity contribution in [2.45, 2.75) is 18.8 Å². The van der Waals surface area contributed by atoms with Crippen molar-refractivity contribution >= 4 is 23.3 Å². The zero-order valence-electron chi connectivity index (χ0n) is 17.5. The van der Waals surface area contributed by atoms with Gasteiger partial charge in [-0.1, -0.05) is 67.2 Å². The number of benzene rings is 3. The normalized spacial score (nSPS) is 16.9. The van der Waals surface area contributed by atoms with Crippen molar-refractivity contribution in [3.8, 4) is 0 Å². The van der Waals surface area contributed by atoms with Crippen molar-refractivity contribution < 1.29 is 24.4 Å². The van der Waals surface area contributed by atoms with E-state index in [9.17, 15) is 24.8 Å². The summed E-state index contributed by atoms with van der Waals surface area (Å²) >= 11 is 0. The molecule has 33 heavy (non-hydrogen) atoms. The van der Waals surface area contributed by atoms with E-state index < -0.39 is 28.0 Å². The number of rotatable bonds is 7. The Balaban J connectivity index is 1.69. The molecule has 8 nitrogen and oxygen atoms in total. The SMILES string of the molecule is C=C(C(=O)OCc1ccccc1)[C@@]1(O)C(=O)N(Cc2ccccc2)c2ccc([N+](=O)[O-])cc21. The minimum atomic E-state index is -2.50. The number of non-ortho nitro benzene ring substituents is 1. The molecule has 0 saturated heterocycles. The van der Waals surface area contributed by atoms with E-state index in [-0.39, 0.29) is 30.1 Å². The number of anilines is 1. The van der Waals surface area contributed by atoms with Gasteiger partial charge in [0.1, 0.15) is 6.61 Å². The third kappa shape index (κ3) is 3.99. The molecule has 4 rings (SSSR count). The second-order valence-corrected chi connectivity index (χ2v) is 7.59. The zero-order valence-corrected chi connectivity index (χ0v) is 17.5. The van der Waals surface area contributed by atoms with Crippen LogP contribution >= 0.6 is 0 Å². The van der Waals surface area contributed by atoms with E-state index in [1.165, 1.54) is 17.0 Å². The molecule has 3 aromatic carbocycles. The first-order chi connectivity index (χ1) is 15.8. The molecular weight excluding hydrogens is 424 g/mol. The molecule has 166 valence electrons. The van der Waals surface area contributed by atoms with Gasteiger partial charge in [0.15, 0.2) is 0 Å². The molecule has 1 aliphatic heterocycles. The first-order valence-electron chi connectivity index (χ1n) is 10.1. The fourth-order valence-corrected chi connectivity index (χ4v) is 3.76. The number of hydrogen-bond donors (Lipinski definition) is 1. The maximum atomic E-state index is 13.4. The molecule has 1 atom stereocenters. The number of aliphatic hydroxyl groups is 1. The second kappa shape index (κ2) is 8.68. The van der Waals surface area contributed by atoms with Gasteiger partial charge in [-0.2, -0.15) is 0 Å². The number of nitro groups is 1. The number of fused-ring (bicyclic) bond motifs is 1. The highest BCUT2D eigenvalue weighted by molar-refractivity contribution is 6.13. The van der Waals surface area contributed by atoms with Gasteiger partial charge in [0, 0.05) is 17.7 Å². The van der Waals surface area contributed by atoms with Crippen LogP contribution in [-0.4, -0.2) is 21.9 Å². The lowest BCUT2D eigenvalue weighted by molar-refractivity contribution is -0.385. The Kier molecular flexibility index (Phi) is 5.76. The fraction of sp³-hybridized carbons (Fsp3) is 0.120. The van der Waals surface area contributed by atoms with Gasteiger partial charge in [0.25, 0.3) is 11.6 Å². The summed E-state index contributed by atoms with van der Waals surface area (Å²) in [5.74, 6) is -1.81. The highest BCUT2D eigenvalue weighted by Gasteiger charge is 2.54. The van der Waals surface area contributed by atoms with Gasteiger partial charge in [-0.05, 0) is 17.2 Å². The van der Waals surface area contributed by atoms with Crippen molar-refractivity contribution in [2.75, 3.05) is 4.90 Å². The summed E-state index contributed by atoms with van der Waals surface area (Å²) in [4.78, 5) is 38.2. The maximum Gasteiger partial charge on any atom is 0.337 e. The fourth-order valence-electron chi connectivity index (χ4n) is 3.76. The smallest absolute Gasteiger partial charge is 0.337 e. The van der Waals surface area contributed by atoms with E-state index in [1.54, 1.807) is 48.5 Å². The number of hydrogen-bond acceptors (Lipinski definition) is 6. The molecule has 1 N–H and O–H groups in total. The average molecular weight is 444 g/mol. The van der Waals surface area contributed by atoms with Crippen LogP contribution in [0.4, 0.5) is 11.4 Å². The minimum absolute atomic E-state index is 0.0840. The monoisotopic (exact) mass is 444 g/mol. The van der Waals surface area contributed by atoms with E-state index in [0.717, 1.165) is 11.6 Å². The number of nitro benzene ring substituents is 1. The molecule has 0 radical (unpaired) electrons. The molecule has 1 aliphatic rings. The van der Waals surface area contributed by atoms with E-state index in [1.807, 2.05) is 12.1 Å². The Labute approximate surface area is 189 Å². The van der Waals surface area contributed by atoms with E-state index in [2.05, 4.69) is 6.58 Å². The van der Waals surface area contributed by atoms with Crippen molar-refractivity contribution in [3.63, 3.8) is 0 Å². The van der Waals surface area contributed by atoms with Crippen LogP contribution in [0.5, 0.6) is 0 Å². The number of carbonyl (C=O) groups excluding carboxylic acids is 2. The van der Waals surface area contributed by atoms with E-state index in [4.69, 9.17) is 4.74 Å². The number of amides is 1. The number of ether oxygens (including phenoxy) is 1. The lowest BCUT2D eigenvalue weighted by Gasteiger charge is -2.24. The average Bonchev–Trinajstić information content (AvgIpc) is 3.05. The van der Waals surface area contributed by atoms with Crippen LogP contribution in [0.3, 0.4) is 0 Å². The maximum absolute atomic E-state index is 13.4. The van der Waals surface area contributed by atoms with Crippen LogP contribution < -0.4 is 4.90 Å². The van der Waals surface area contributed by atoms with Gasteiger partial charge in [0.2, 0.25) is 5.60 Å². The molecule has 0 fully saturated rings. The van der Waals surface area contributed by atoms with Crippen LogP contribution in [0, 0.1) is 10.1 Å². The molecule has 1 heterocycles. The zero-order chi connectivity index (χ0) is 23.6. The van der Waals surface area contributed by atoms with E-state index in [0.29, 0.717) is 5.56 Å². The molecule has 0 unspecified atom stereocenters. The Morgan fingerprint density at radius 1 is 1.03 bits per heavy atom. The van der Waals surface area contributed by atoms with Crippen LogP contribution in [0.2, 0.25) is 0 Å². The molecule has 0 bridgehead atoms.